The molecule has 1 saturated carbocycles. The van der Waals surface area contributed by atoms with Gasteiger partial charge in [0, 0.05) is 18.5 Å². The van der Waals surface area contributed by atoms with Crippen LogP contribution in [0.25, 0.3) is 4.96 Å². The summed E-state index contributed by atoms with van der Waals surface area (Å²) in [5.74, 6) is 0.539. The number of anilines is 1. The molecule has 1 aliphatic carbocycles. The van der Waals surface area contributed by atoms with Crippen molar-refractivity contribution in [3.8, 4) is 0 Å². The number of rotatable bonds is 2. The number of morpholine rings is 1. The molecule has 3 heterocycles. The first kappa shape index (κ1) is 14.9. The third-order valence-electron chi connectivity index (χ3n) is 4.75. The Morgan fingerprint density at radius 3 is 2.78 bits per heavy atom. The number of nitrogens with zero attached hydrogens (tertiary/aromatic N) is 4. The van der Waals surface area contributed by atoms with Gasteiger partial charge in [0.1, 0.15) is 6.20 Å². The van der Waals surface area contributed by atoms with Gasteiger partial charge in [0.2, 0.25) is 5.82 Å². The highest BCUT2D eigenvalue weighted by atomic mass is 32.1. The molecule has 7 nitrogen and oxygen atoms in total. The third kappa shape index (κ3) is 2.40. The van der Waals surface area contributed by atoms with Gasteiger partial charge >= 0.3 is 5.82 Å². The molecular formula is C15H20N4O3S. The van der Waals surface area contributed by atoms with Crippen LogP contribution in [-0.2, 0) is 4.74 Å². The summed E-state index contributed by atoms with van der Waals surface area (Å²) in [7, 11) is 0. The fraction of sp³-hybridized carbons (Fsp3) is 0.667. The van der Waals surface area contributed by atoms with E-state index in [9.17, 15) is 10.1 Å². The van der Waals surface area contributed by atoms with Gasteiger partial charge in [0.15, 0.2) is 0 Å². The van der Waals surface area contributed by atoms with Gasteiger partial charge in [-0.05, 0) is 31.6 Å². The van der Waals surface area contributed by atoms with Crippen LogP contribution in [0, 0.1) is 10.1 Å². The maximum atomic E-state index is 11.6. The van der Waals surface area contributed by atoms with Crippen LogP contribution in [0.3, 0.4) is 0 Å². The second-order valence-electron chi connectivity index (χ2n) is 7.18. The second kappa shape index (κ2) is 4.91. The molecule has 0 atom stereocenters. The van der Waals surface area contributed by atoms with Crippen molar-refractivity contribution in [3.63, 3.8) is 0 Å². The Morgan fingerprint density at radius 2 is 2.09 bits per heavy atom. The number of aromatic nitrogens is 2. The molecule has 1 saturated heterocycles. The van der Waals surface area contributed by atoms with Crippen LogP contribution in [0.4, 0.5) is 11.6 Å². The Labute approximate surface area is 138 Å². The maximum absolute atomic E-state index is 11.6. The van der Waals surface area contributed by atoms with Crippen LogP contribution in [0.2, 0.25) is 0 Å². The van der Waals surface area contributed by atoms with Gasteiger partial charge in [0.05, 0.1) is 11.2 Å². The highest BCUT2D eigenvalue weighted by Crippen LogP contribution is 2.43. The average molecular weight is 336 g/mol. The van der Waals surface area contributed by atoms with Crippen molar-refractivity contribution in [2.24, 2.45) is 0 Å². The minimum Gasteiger partial charge on any atom is -0.365 e. The highest BCUT2D eigenvalue weighted by molar-refractivity contribution is 7.15. The van der Waals surface area contributed by atoms with Crippen LogP contribution in [0.1, 0.15) is 39.5 Å². The Bertz CT molecular complexity index is 760. The van der Waals surface area contributed by atoms with Crippen molar-refractivity contribution in [2.75, 3.05) is 18.0 Å². The molecule has 2 aromatic rings. The fourth-order valence-electron chi connectivity index (χ4n) is 4.09. The number of ether oxygens (including phenoxy) is 1. The van der Waals surface area contributed by atoms with Crippen LogP contribution in [-0.4, -0.2) is 38.6 Å². The number of imidazole rings is 1. The molecule has 0 unspecified atom stereocenters. The van der Waals surface area contributed by atoms with Gasteiger partial charge < -0.3 is 19.8 Å². The van der Waals surface area contributed by atoms with Crippen LogP contribution < -0.4 is 4.90 Å². The van der Waals surface area contributed by atoms with Gasteiger partial charge in [-0.15, -0.1) is 0 Å². The summed E-state index contributed by atoms with van der Waals surface area (Å²) in [5.41, 5.74) is -0.528. The summed E-state index contributed by atoms with van der Waals surface area (Å²) >= 11 is 1.42. The molecule has 124 valence electrons. The molecule has 0 aromatic carbocycles. The van der Waals surface area contributed by atoms with Crippen LogP contribution >= 0.6 is 11.3 Å². The van der Waals surface area contributed by atoms with Crippen molar-refractivity contribution in [3.05, 3.63) is 21.7 Å². The predicted octanol–water partition coefficient (Wildman–Crippen LogP) is 3.23. The molecule has 4 rings (SSSR count). The molecule has 0 amide bonds. The topological polar surface area (TPSA) is 72.9 Å². The van der Waals surface area contributed by atoms with Crippen molar-refractivity contribution in [1.82, 2.24) is 9.38 Å². The Kier molecular flexibility index (Phi) is 3.18. The SMILES string of the molecule is CC1(C)CN(c2nc3sccn3c2[N+](=O)[O-])CC2(CCCC2)O1. The minimum atomic E-state index is -0.340. The van der Waals surface area contributed by atoms with E-state index in [1.807, 2.05) is 5.38 Å². The molecule has 1 aliphatic heterocycles. The van der Waals surface area contributed by atoms with E-state index in [2.05, 4.69) is 23.7 Å². The average Bonchev–Trinajstić information content (AvgIpc) is 3.10. The van der Waals surface area contributed by atoms with Crippen molar-refractivity contribution >= 4 is 27.9 Å². The smallest absolute Gasteiger partial charge is 0.365 e. The second-order valence-corrected chi connectivity index (χ2v) is 8.05. The summed E-state index contributed by atoms with van der Waals surface area (Å²) in [4.78, 5) is 18.5. The summed E-state index contributed by atoms with van der Waals surface area (Å²) in [5, 5.41) is 13.4. The van der Waals surface area contributed by atoms with Crippen molar-refractivity contribution in [2.45, 2.75) is 50.7 Å². The van der Waals surface area contributed by atoms with E-state index >= 15 is 0 Å². The van der Waals surface area contributed by atoms with E-state index in [0.29, 0.717) is 23.9 Å². The molecule has 0 N–H and O–H groups in total. The zero-order valence-electron chi connectivity index (χ0n) is 13.3. The Morgan fingerprint density at radius 1 is 1.35 bits per heavy atom. The normalized spacial score (nSPS) is 23.0. The predicted molar refractivity (Wildman–Crippen MR) is 88.3 cm³/mol. The molecule has 23 heavy (non-hydrogen) atoms. The molecule has 1 spiro atoms. The lowest BCUT2D eigenvalue weighted by Crippen LogP contribution is -2.59. The molecule has 2 aliphatic rings. The number of hydrogen-bond donors (Lipinski definition) is 0. The fourth-order valence-corrected chi connectivity index (χ4v) is 4.79. The lowest BCUT2D eigenvalue weighted by Gasteiger charge is -2.48. The first-order valence-corrected chi connectivity index (χ1v) is 8.82. The monoisotopic (exact) mass is 336 g/mol. The van der Waals surface area contributed by atoms with E-state index < -0.39 is 0 Å². The lowest BCUT2D eigenvalue weighted by atomic mass is 9.94. The summed E-state index contributed by atoms with van der Waals surface area (Å²) in [6, 6.07) is 0. The maximum Gasteiger partial charge on any atom is 0.373 e. The highest BCUT2D eigenvalue weighted by Gasteiger charge is 2.47. The molecule has 2 fully saturated rings. The van der Waals surface area contributed by atoms with Gasteiger partial charge in [-0.3, -0.25) is 0 Å². The number of fused-ring (bicyclic) bond motifs is 1. The molecule has 8 heteroatoms. The molecular weight excluding hydrogens is 316 g/mol. The minimum absolute atomic E-state index is 0.0621. The van der Waals surface area contributed by atoms with E-state index in [1.165, 1.54) is 11.3 Å². The lowest BCUT2D eigenvalue weighted by molar-refractivity contribution is -0.389. The van der Waals surface area contributed by atoms with Crippen LogP contribution in [0.15, 0.2) is 11.6 Å². The number of nitro groups is 1. The van der Waals surface area contributed by atoms with E-state index in [-0.39, 0.29) is 21.9 Å². The Hall–Kier alpha value is -1.67. The standard InChI is InChI=1S/C15H20N4O3S/c1-14(2)9-17(10-15(22-14)5-3-4-6-15)11-12(19(20)21)18-7-8-23-13(18)16-11/h7-8H,3-6,9-10H2,1-2H3. The summed E-state index contributed by atoms with van der Waals surface area (Å²) < 4.78 is 7.96. The number of hydrogen-bond acceptors (Lipinski definition) is 6. The Balaban J connectivity index is 1.78. The molecule has 0 bridgehead atoms. The molecule has 0 radical (unpaired) electrons. The third-order valence-corrected chi connectivity index (χ3v) is 5.51. The van der Waals surface area contributed by atoms with Gasteiger partial charge in [-0.2, -0.15) is 9.38 Å². The zero-order chi connectivity index (χ0) is 16.2. The van der Waals surface area contributed by atoms with Crippen molar-refractivity contribution in [1.29, 1.82) is 0 Å². The summed E-state index contributed by atoms with van der Waals surface area (Å²) in [6.07, 6.45) is 6.06. The van der Waals surface area contributed by atoms with Crippen molar-refractivity contribution < 1.29 is 9.66 Å². The van der Waals surface area contributed by atoms with E-state index in [0.717, 1.165) is 25.7 Å². The first-order valence-electron chi connectivity index (χ1n) is 7.94. The van der Waals surface area contributed by atoms with E-state index in [4.69, 9.17) is 4.74 Å². The molecule has 2 aromatic heterocycles. The zero-order valence-corrected chi connectivity index (χ0v) is 14.1. The summed E-state index contributed by atoms with van der Waals surface area (Å²) in [6.45, 7) is 5.41. The first-order chi connectivity index (χ1) is 10.9. The van der Waals surface area contributed by atoms with Gasteiger partial charge in [-0.1, -0.05) is 24.2 Å². The largest absolute Gasteiger partial charge is 0.373 e. The van der Waals surface area contributed by atoms with Gasteiger partial charge in [0.25, 0.3) is 4.96 Å². The van der Waals surface area contributed by atoms with Gasteiger partial charge in [-0.25, -0.2) is 0 Å². The van der Waals surface area contributed by atoms with E-state index in [1.54, 1.807) is 10.6 Å². The van der Waals surface area contributed by atoms with Crippen LogP contribution in [0.5, 0.6) is 0 Å². The quantitative estimate of drug-likeness (QED) is 0.622. The number of thiazole rings is 1.